The Morgan fingerprint density at radius 2 is 1.95 bits per heavy atom. The van der Waals surface area contributed by atoms with Gasteiger partial charge in [0, 0.05) is 10.9 Å². The van der Waals surface area contributed by atoms with Crippen LogP contribution in [0.3, 0.4) is 0 Å². The van der Waals surface area contributed by atoms with Crippen molar-refractivity contribution < 1.29 is 9.09 Å². The first-order valence-electron chi connectivity index (χ1n) is 7.41. The van der Waals surface area contributed by atoms with Crippen molar-refractivity contribution in [3.05, 3.63) is 30.3 Å². The van der Waals surface area contributed by atoms with Crippen molar-refractivity contribution in [2.24, 2.45) is 0 Å². The molecule has 0 saturated heterocycles. The zero-order valence-corrected chi connectivity index (χ0v) is 13.8. The Morgan fingerprint density at radius 3 is 2.60 bits per heavy atom. The van der Waals surface area contributed by atoms with Crippen molar-refractivity contribution in [2.75, 3.05) is 12.1 Å². The Morgan fingerprint density at radius 1 is 1.25 bits per heavy atom. The van der Waals surface area contributed by atoms with E-state index in [2.05, 4.69) is 5.09 Å². The molecule has 0 aromatic heterocycles. The first-order chi connectivity index (χ1) is 9.72. The SMILES string of the molecule is CCOP(=O)(CSc1ccccc1)NC1CCCCC1. The van der Waals surface area contributed by atoms with Crippen molar-refractivity contribution in [3.63, 3.8) is 0 Å². The molecule has 1 N–H and O–H groups in total. The predicted molar refractivity (Wildman–Crippen MR) is 86.4 cm³/mol. The summed E-state index contributed by atoms with van der Waals surface area (Å²) in [5.74, 6) is 0. The van der Waals surface area contributed by atoms with Gasteiger partial charge >= 0.3 is 0 Å². The molecule has 112 valence electrons. The third-order valence-corrected chi connectivity index (χ3v) is 7.38. The maximum absolute atomic E-state index is 12.9. The van der Waals surface area contributed by atoms with Crippen LogP contribution in [0.5, 0.6) is 0 Å². The van der Waals surface area contributed by atoms with Crippen LogP contribution in [0.15, 0.2) is 35.2 Å². The lowest BCUT2D eigenvalue weighted by Gasteiger charge is -2.28. The molecule has 2 rings (SSSR count). The number of thioether (sulfide) groups is 1. The lowest BCUT2D eigenvalue weighted by Crippen LogP contribution is -2.30. The Balaban J connectivity index is 1.91. The molecule has 0 spiro atoms. The van der Waals surface area contributed by atoms with Crippen molar-refractivity contribution in [3.8, 4) is 0 Å². The van der Waals surface area contributed by atoms with Crippen LogP contribution in [0.25, 0.3) is 0 Å². The molecule has 0 heterocycles. The molecule has 0 amide bonds. The van der Waals surface area contributed by atoms with Gasteiger partial charge in [-0.1, -0.05) is 37.5 Å². The van der Waals surface area contributed by atoms with Gasteiger partial charge < -0.3 is 4.52 Å². The summed E-state index contributed by atoms with van der Waals surface area (Å²) < 4.78 is 18.5. The number of rotatable bonds is 7. The molecule has 1 aliphatic rings. The highest BCUT2D eigenvalue weighted by molar-refractivity contribution is 8.04. The van der Waals surface area contributed by atoms with Crippen LogP contribution in [0.2, 0.25) is 0 Å². The normalized spacial score (nSPS) is 19.6. The van der Waals surface area contributed by atoms with Crippen LogP contribution >= 0.6 is 19.3 Å². The van der Waals surface area contributed by atoms with E-state index in [4.69, 9.17) is 4.52 Å². The van der Waals surface area contributed by atoms with E-state index in [1.807, 2.05) is 37.3 Å². The second-order valence-electron chi connectivity index (χ2n) is 5.14. The van der Waals surface area contributed by atoms with Crippen molar-refractivity contribution in [1.82, 2.24) is 5.09 Å². The van der Waals surface area contributed by atoms with Gasteiger partial charge in [0.2, 0.25) is 0 Å². The summed E-state index contributed by atoms with van der Waals surface area (Å²) in [6, 6.07) is 10.4. The summed E-state index contributed by atoms with van der Waals surface area (Å²) in [5.41, 5.74) is 0.501. The van der Waals surface area contributed by atoms with E-state index in [0.29, 0.717) is 18.1 Å². The molecule has 0 aliphatic heterocycles. The predicted octanol–water partition coefficient (Wildman–Crippen LogP) is 4.89. The van der Waals surface area contributed by atoms with Gasteiger partial charge in [-0.05, 0) is 31.9 Å². The van der Waals surface area contributed by atoms with Gasteiger partial charge in [0.15, 0.2) is 0 Å². The van der Waals surface area contributed by atoms with Crippen LogP contribution in [-0.4, -0.2) is 18.1 Å². The first kappa shape index (κ1) is 16.1. The summed E-state index contributed by atoms with van der Waals surface area (Å²) in [7, 11) is -2.74. The number of hydrogen-bond acceptors (Lipinski definition) is 3. The molecule has 1 aromatic rings. The van der Waals surface area contributed by atoms with E-state index in [-0.39, 0.29) is 0 Å². The van der Waals surface area contributed by atoms with E-state index in [1.165, 1.54) is 19.3 Å². The maximum Gasteiger partial charge on any atom is 0.280 e. The molecule has 0 radical (unpaired) electrons. The van der Waals surface area contributed by atoms with Crippen molar-refractivity contribution in [1.29, 1.82) is 0 Å². The fraction of sp³-hybridized carbons (Fsp3) is 0.600. The summed E-state index contributed by atoms with van der Waals surface area (Å²) in [6.07, 6.45) is 6.00. The van der Waals surface area contributed by atoms with Gasteiger partial charge in [0.1, 0.15) is 0 Å². The van der Waals surface area contributed by atoms with Gasteiger partial charge in [-0.3, -0.25) is 4.57 Å². The minimum atomic E-state index is -2.74. The molecule has 1 aromatic carbocycles. The van der Waals surface area contributed by atoms with E-state index < -0.39 is 7.52 Å². The van der Waals surface area contributed by atoms with Gasteiger partial charge in [-0.25, -0.2) is 5.09 Å². The summed E-state index contributed by atoms with van der Waals surface area (Å²) in [6.45, 7) is 2.40. The van der Waals surface area contributed by atoms with Crippen molar-refractivity contribution in [2.45, 2.75) is 50.0 Å². The third kappa shape index (κ3) is 5.25. The van der Waals surface area contributed by atoms with Crippen LogP contribution < -0.4 is 5.09 Å². The Bertz CT molecular complexity index is 435. The summed E-state index contributed by atoms with van der Waals surface area (Å²) in [5, 5.41) is 3.32. The lowest BCUT2D eigenvalue weighted by molar-refractivity contribution is 0.312. The van der Waals surface area contributed by atoms with Crippen LogP contribution in [-0.2, 0) is 9.09 Å². The van der Waals surface area contributed by atoms with E-state index in [9.17, 15) is 4.57 Å². The molecule has 1 aliphatic carbocycles. The second-order valence-corrected chi connectivity index (χ2v) is 8.80. The zero-order chi connectivity index (χ0) is 14.3. The molecular formula is C15H24NO2PS. The Hall–Kier alpha value is -0.280. The standard InChI is InChI=1S/C15H24NO2PS/c1-2-18-19(17,16-14-9-5-3-6-10-14)13-20-15-11-7-4-8-12-15/h4,7-8,11-12,14H,2-3,5-6,9-10,13H2,1H3,(H,16,17). The smallest absolute Gasteiger partial charge is 0.280 e. The summed E-state index contributed by atoms with van der Waals surface area (Å²) >= 11 is 1.61. The van der Waals surface area contributed by atoms with E-state index >= 15 is 0 Å². The highest BCUT2D eigenvalue weighted by Crippen LogP contribution is 2.48. The molecule has 0 bridgehead atoms. The van der Waals surface area contributed by atoms with Crippen LogP contribution in [0, 0.1) is 0 Å². The fourth-order valence-corrected chi connectivity index (χ4v) is 6.03. The molecule has 20 heavy (non-hydrogen) atoms. The highest BCUT2D eigenvalue weighted by Gasteiger charge is 2.27. The minimum Gasteiger partial charge on any atom is -0.317 e. The third-order valence-electron chi connectivity index (χ3n) is 3.47. The monoisotopic (exact) mass is 313 g/mol. The highest BCUT2D eigenvalue weighted by atomic mass is 32.2. The maximum atomic E-state index is 12.9. The molecule has 1 fully saturated rings. The molecule has 1 saturated carbocycles. The molecule has 1 atom stereocenters. The van der Waals surface area contributed by atoms with Gasteiger partial charge in [-0.15, -0.1) is 11.8 Å². The second kappa shape index (κ2) is 8.23. The van der Waals surface area contributed by atoms with Crippen LogP contribution in [0.1, 0.15) is 39.0 Å². The number of hydrogen-bond donors (Lipinski definition) is 1. The van der Waals surface area contributed by atoms with Gasteiger partial charge in [-0.2, -0.15) is 0 Å². The average Bonchev–Trinajstić information content (AvgIpc) is 2.48. The lowest BCUT2D eigenvalue weighted by atomic mass is 9.96. The summed E-state index contributed by atoms with van der Waals surface area (Å²) in [4.78, 5) is 1.14. The fourth-order valence-electron chi connectivity index (χ4n) is 2.51. The van der Waals surface area contributed by atoms with Gasteiger partial charge in [0.05, 0.1) is 12.1 Å². The number of benzene rings is 1. The average molecular weight is 313 g/mol. The van der Waals surface area contributed by atoms with Crippen LogP contribution in [0.4, 0.5) is 0 Å². The molecule has 1 unspecified atom stereocenters. The zero-order valence-electron chi connectivity index (χ0n) is 12.1. The largest absolute Gasteiger partial charge is 0.317 e. The van der Waals surface area contributed by atoms with E-state index in [1.54, 1.807) is 11.8 Å². The Labute approximate surface area is 126 Å². The first-order valence-corrected chi connectivity index (χ1v) is 10.2. The van der Waals surface area contributed by atoms with Crippen molar-refractivity contribution >= 4 is 19.3 Å². The quantitative estimate of drug-likeness (QED) is 0.574. The van der Waals surface area contributed by atoms with Gasteiger partial charge in [0.25, 0.3) is 7.52 Å². The molecular weight excluding hydrogens is 289 g/mol. The number of nitrogens with one attached hydrogen (secondary N) is 1. The molecule has 5 heteroatoms. The van der Waals surface area contributed by atoms with E-state index in [0.717, 1.165) is 17.7 Å². The molecule has 3 nitrogen and oxygen atoms in total. The Kier molecular flexibility index (Phi) is 6.63. The topological polar surface area (TPSA) is 38.3 Å². The minimum absolute atomic E-state index is 0.359.